The van der Waals surface area contributed by atoms with Crippen LogP contribution in [0.1, 0.15) is 60.7 Å². The van der Waals surface area contributed by atoms with Crippen molar-refractivity contribution in [2.75, 3.05) is 10.6 Å². The number of aromatic nitrogens is 2. The monoisotopic (exact) mass is 504 g/mol. The normalized spacial score (nSPS) is 10.9. The van der Waals surface area contributed by atoms with Crippen LogP contribution in [0.15, 0.2) is 53.3 Å². The molecule has 0 spiro atoms. The Bertz CT molecular complexity index is 1570. The van der Waals surface area contributed by atoms with Crippen LogP contribution in [0.3, 0.4) is 0 Å². The van der Waals surface area contributed by atoms with Gasteiger partial charge in [0, 0.05) is 23.1 Å². The Morgan fingerprint density at radius 1 is 1.03 bits per heavy atom. The highest BCUT2D eigenvalue weighted by atomic mass is 32.1. The van der Waals surface area contributed by atoms with E-state index in [2.05, 4.69) is 15.6 Å². The fourth-order valence-corrected chi connectivity index (χ4v) is 4.79. The maximum absolute atomic E-state index is 13.4. The molecule has 0 aliphatic carbocycles. The number of fused-ring (bicyclic) bond motifs is 1. The molecule has 36 heavy (non-hydrogen) atoms. The van der Waals surface area contributed by atoms with Crippen LogP contribution in [-0.4, -0.2) is 32.3 Å². The fourth-order valence-electron chi connectivity index (χ4n) is 3.75. The molecule has 9 nitrogen and oxygen atoms in total. The highest BCUT2D eigenvalue weighted by molar-refractivity contribution is 7.19. The molecule has 3 N–H and O–H groups in total. The molecule has 2 amide bonds. The molecule has 0 radical (unpaired) electrons. The molecule has 2 aromatic heterocycles. The van der Waals surface area contributed by atoms with Crippen molar-refractivity contribution in [1.82, 2.24) is 9.38 Å². The van der Waals surface area contributed by atoms with Crippen molar-refractivity contribution in [3.8, 4) is 0 Å². The van der Waals surface area contributed by atoms with E-state index in [1.54, 1.807) is 6.07 Å². The van der Waals surface area contributed by atoms with Crippen LogP contribution >= 0.6 is 11.3 Å². The second-order valence-corrected chi connectivity index (χ2v) is 9.25. The first-order valence-corrected chi connectivity index (χ1v) is 12.1. The Balaban J connectivity index is 1.82. The molecular formula is C26H24N4O5S. The van der Waals surface area contributed by atoms with Crippen molar-refractivity contribution in [3.05, 3.63) is 91.8 Å². The quantitative estimate of drug-likeness (QED) is 0.339. The molecule has 184 valence electrons. The number of nitrogens with one attached hydrogen (secondary N) is 2. The van der Waals surface area contributed by atoms with Gasteiger partial charge in [-0.15, -0.1) is 0 Å². The number of carboxylic acid groups (broad SMARTS) is 1. The maximum atomic E-state index is 13.4. The van der Waals surface area contributed by atoms with Crippen LogP contribution in [0.5, 0.6) is 0 Å². The van der Waals surface area contributed by atoms with Gasteiger partial charge in [0.1, 0.15) is 10.6 Å². The van der Waals surface area contributed by atoms with Gasteiger partial charge in [0.05, 0.1) is 5.56 Å². The molecule has 0 fully saturated rings. The number of hydrogen-bond acceptors (Lipinski definition) is 6. The van der Waals surface area contributed by atoms with Crippen LogP contribution < -0.4 is 16.2 Å². The lowest BCUT2D eigenvalue weighted by molar-refractivity contribution is 0.0696. The van der Waals surface area contributed by atoms with E-state index in [0.717, 1.165) is 33.3 Å². The SMILES string of the molecule is CCCc1cc(=O)n2c(C(=O)Nc3cccc(C(=O)O)c3)c(C(=O)Nc3cccc(C)c3C)sc2n1. The van der Waals surface area contributed by atoms with Gasteiger partial charge >= 0.3 is 5.97 Å². The summed E-state index contributed by atoms with van der Waals surface area (Å²) in [5.41, 5.74) is 2.58. The zero-order valence-electron chi connectivity index (χ0n) is 19.9. The van der Waals surface area contributed by atoms with E-state index in [0.29, 0.717) is 17.8 Å². The number of rotatable bonds is 7. The second-order valence-electron chi connectivity index (χ2n) is 8.28. The van der Waals surface area contributed by atoms with E-state index in [1.807, 2.05) is 32.9 Å². The van der Waals surface area contributed by atoms with Gasteiger partial charge in [0.15, 0.2) is 4.96 Å². The smallest absolute Gasteiger partial charge is 0.335 e. The van der Waals surface area contributed by atoms with E-state index in [9.17, 15) is 24.3 Å². The predicted molar refractivity (Wildman–Crippen MR) is 139 cm³/mol. The van der Waals surface area contributed by atoms with Crippen molar-refractivity contribution >= 4 is 45.5 Å². The minimum Gasteiger partial charge on any atom is -0.478 e. The lowest BCUT2D eigenvalue weighted by atomic mass is 10.1. The van der Waals surface area contributed by atoms with Crippen LogP contribution in [0, 0.1) is 13.8 Å². The van der Waals surface area contributed by atoms with Gasteiger partial charge in [-0.2, -0.15) is 0 Å². The minimum atomic E-state index is -1.15. The van der Waals surface area contributed by atoms with E-state index in [1.165, 1.54) is 30.3 Å². The number of nitrogens with zero attached hydrogens (tertiary/aromatic N) is 2. The molecule has 0 saturated carbocycles. The first kappa shape index (κ1) is 24.8. The van der Waals surface area contributed by atoms with Crippen molar-refractivity contribution in [2.24, 2.45) is 0 Å². The number of carbonyl (C=O) groups is 3. The Labute approximate surface area is 210 Å². The molecule has 0 unspecified atom stereocenters. The zero-order valence-corrected chi connectivity index (χ0v) is 20.7. The third-order valence-corrected chi connectivity index (χ3v) is 6.76. The Hall–Kier alpha value is -4.31. The van der Waals surface area contributed by atoms with E-state index < -0.39 is 23.3 Å². The molecule has 0 saturated heterocycles. The van der Waals surface area contributed by atoms with E-state index in [4.69, 9.17) is 0 Å². The molecule has 0 aliphatic heterocycles. The molecule has 2 heterocycles. The van der Waals surface area contributed by atoms with Crippen molar-refractivity contribution in [2.45, 2.75) is 33.6 Å². The number of carboxylic acids is 1. The summed E-state index contributed by atoms with van der Waals surface area (Å²) in [5, 5.41) is 14.7. The number of thiazole rings is 1. The summed E-state index contributed by atoms with van der Waals surface area (Å²) in [7, 11) is 0. The molecule has 0 atom stereocenters. The van der Waals surface area contributed by atoms with Gasteiger partial charge in [-0.25, -0.2) is 14.2 Å². The summed E-state index contributed by atoms with van der Waals surface area (Å²) in [6.07, 6.45) is 1.36. The van der Waals surface area contributed by atoms with Crippen LogP contribution in [0.2, 0.25) is 0 Å². The van der Waals surface area contributed by atoms with Gasteiger partial charge in [0.25, 0.3) is 17.4 Å². The summed E-state index contributed by atoms with van der Waals surface area (Å²) < 4.78 is 1.12. The Kier molecular flexibility index (Phi) is 6.98. The summed E-state index contributed by atoms with van der Waals surface area (Å²) >= 11 is 0.947. The van der Waals surface area contributed by atoms with Gasteiger partial charge in [-0.05, 0) is 55.7 Å². The molecular weight excluding hydrogens is 480 g/mol. The lowest BCUT2D eigenvalue weighted by Crippen LogP contribution is -2.25. The standard InChI is InChI=1S/C26H24N4O5S/c1-4-7-17-13-20(31)30-21(23(32)27-18-10-6-9-16(12-18)25(34)35)22(36-26(30)28-17)24(33)29-19-11-5-8-14(2)15(19)3/h5-6,8-13H,4,7H2,1-3H3,(H,27,32)(H,29,33)(H,34,35). The van der Waals surface area contributed by atoms with Crippen LogP contribution in [0.4, 0.5) is 11.4 Å². The average molecular weight is 505 g/mol. The first-order valence-electron chi connectivity index (χ1n) is 11.3. The number of aromatic carboxylic acids is 1. The van der Waals surface area contributed by atoms with Crippen molar-refractivity contribution in [3.63, 3.8) is 0 Å². The molecule has 0 aliphatic rings. The first-order chi connectivity index (χ1) is 17.2. The van der Waals surface area contributed by atoms with Crippen molar-refractivity contribution in [1.29, 1.82) is 0 Å². The zero-order chi connectivity index (χ0) is 26.0. The topological polar surface area (TPSA) is 130 Å². The van der Waals surface area contributed by atoms with Crippen LogP contribution in [-0.2, 0) is 6.42 Å². The number of carbonyl (C=O) groups excluding carboxylic acids is 2. The number of anilines is 2. The molecule has 2 aromatic carbocycles. The summed E-state index contributed by atoms with van der Waals surface area (Å²) in [4.78, 5) is 55.9. The van der Waals surface area contributed by atoms with Gasteiger partial charge in [0.2, 0.25) is 0 Å². The molecule has 10 heteroatoms. The lowest BCUT2D eigenvalue weighted by Gasteiger charge is -2.11. The maximum Gasteiger partial charge on any atom is 0.335 e. The third kappa shape index (κ3) is 4.89. The Morgan fingerprint density at radius 3 is 2.50 bits per heavy atom. The minimum absolute atomic E-state index is 0.0149. The van der Waals surface area contributed by atoms with Crippen LogP contribution in [0.25, 0.3) is 4.96 Å². The van der Waals surface area contributed by atoms with Crippen molar-refractivity contribution < 1.29 is 19.5 Å². The number of benzene rings is 2. The number of amides is 2. The third-order valence-electron chi connectivity index (χ3n) is 5.72. The Morgan fingerprint density at radius 2 is 1.78 bits per heavy atom. The molecule has 4 aromatic rings. The van der Waals surface area contributed by atoms with Gasteiger partial charge < -0.3 is 15.7 Å². The highest BCUT2D eigenvalue weighted by Gasteiger charge is 2.27. The largest absolute Gasteiger partial charge is 0.478 e. The summed E-state index contributed by atoms with van der Waals surface area (Å²) in [5.74, 6) is -2.44. The van der Waals surface area contributed by atoms with Gasteiger partial charge in [-0.3, -0.25) is 14.4 Å². The average Bonchev–Trinajstić information content (AvgIpc) is 3.23. The summed E-state index contributed by atoms with van der Waals surface area (Å²) in [6, 6.07) is 12.6. The number of aryl methyl sites for hydroxylation is 2. The van der Waals surface area contributed by atoms with E-state index in [-0.39, 0.29) is 26.8 Å². The predicted octanol–water partition coefficient (Wildman–Crippen LogP) is 4.53. The van der Waals surface area contributed by atoms with Gasteiger partial charge in [-0.1, -0.05) is 42.9 Å². The highest BCUT2D eigenvalue weighted by Crippen LogP contribution is 2.26. The second kappa shape index (κ2) is 10.1. The molecule has 4 rings (SSSR count). The van der Waals surface area contributed by atoms with E-state index >= 15 is 0 Å². The molecule has 0 bridgehead atoms. The fraction of sp³-hybridized carbons (Fsp3) is 0.192. The summed E-state index contributed by atoms with van der Waals surface area (Å²) in [6.45, 7) is 5.76. The number of hydrogen-bond donors (Lipinski definition) is 3.